The zero-order chi connectivity index (χ0) is 15.5. The summed E-state index contributed by atoms with van der Waals surface area (Å²) in [6.45, 7) is 3.88. The lowest BCUT2D eigenvalue weighted by molar-refractivity contribution is 0.368. The molecule has 0 spiro atoms. The molecule has 0 N–H and O–H groups in total. The van der Waals surface area contributed by atoms with Crippen LogP contribution in [0.1, 0.15) is 5.56 Å². The lowest BCUT2D eigenvalue weighted by Crippen LogP contribution is -2.02. The third-order valence-corrected chi connectivity index (χ3v) is 5.36. The molecule has 0 radical (unpaired) electrons. The van der Waals surface area contributed by atoms with E-state index in [2.05, 4.69) is 49.0 Å². The average Bonchev–Trinajstić information content (AvgIpc) is 2.42. The van der Waals surface area contributed by atoms with E-state index >= 15 is 0 Å². The first-order chi connectivity index (χ1) is 9.88. The van der Waals surface area contributed by atoms with Crippen molar-refractivity contribution in [3.05, 3.63) is 54.6 Å². The molecule has 0 aromatic heterocycles. The van der Waals surface area contributed by atoms with Crippen LogP contribution in [0.25, 0.3) is 6.08 Å². The van der Waals surface area contributed by atoms with Crippen molar-refractivity contribution in [2.75, 3.05) is 0 Å². The number of hydrogen-bond donors (Lipinski definition) is 0. The Morgan fingerprint density at radius 2 is 1.57 bits per heavy atom. The molecule has 110 valence electrons. The smallest absolute Gasteiger partial charge is 0.418 e. The van der Waals surface area contributed by atoms with Gasteiger partial charge in [-0.1, -0.05) is 42.6 Å². The van der Waals surface area contributed by atoms with E-state index in [1.165, 1.54) is 36.9 Å². The van der Waals surface area contributed by atoms with E-state index in [-0.39, 0.29) is 0 Å². The lowest BCUT2D eigenvalue weighted by Gasteiger charge is -2.12. The first-order valence-corrected chi connectivity index (χ1v) is 7.71. The van der Waals surface area contributed by atoms with E-state index in [9.17, 15) is 17.3 Å². The Labute approximate surface area is 128 Å². The summed E-state index contributed by atoms with van der Waals surface area (Å²) in [5, 5.41) is 0. The van der Waals surface area contributed by atoms with Gasteiger partial charge in [-0.05, 0) is 24.3 Å². The molecule has 1 aliphatic heterocycles. The fraction of sp³-hybridized carbons (Fsp3) is 0. The summed E-state index contributed by atoms with van der Waals surface area (Å²) in [5.74, 6) is 0. The second kappa shape index (κ2) is 6.62. The minimum atomic E-state index is -6.00. The maximum Gasteiger partial charge on any atom is 0.673 e. The monoisotopic (exact) mass is 330 g/mol. The first kappa shape index (κ1) is 16.0. The maximum absolute atomic E-state index is 9.75. The van der Waals surface area contributed by atoms with Crippen molar-refractivity contribution in [3.63, 3.8) is 0 Å². The molecule has 21 heavy (non-hydrogen) atoms. The van der Waals surface area contributed by atoms with Crippen molar-refractivity contribution in [1.82, 2.24) is 0 Å². The number of hydrogen-bond acceptors (Lipinski definition) is 1. The van der Waals surface area contributed by atoms with Crippen LogP contribution in [0, 0.1) is 0 Å². The molecule has 0 atom stereocenters. The molecular weight excluding hydrogens is 319 g/mol. The normalized spacial score (nSPS) is 12.6. The van der Waals surface area contributed by atoms with E-state index in [4.69, 9.17) is 0 Å². The standard InChI is InChI=1S/C14H10S2.BF4/c1-2-10-6-5-9-13-14(10)16-12-8-4-3-7-11(12)15-13;2-1(3,4)5/h2-9H,1H2;/q;-1/p+1. The van der Waals surface area contributed by atoms with E-state index in [1.807, 2.05) is 17.8 Å². The Kier molecular flexibility index (Phi) is 5.06. The third kappa shape index (κ3) is 4.57. The Bertz CT molecular complexity index is 650. The highest BCUT2D eigenvalue weighted by atomic mass is 32.2. The SMILES string of the molecule is C=Cc1cccc2c1[SH+]c1ccccc1S2.F[B-](F)(F)F. The van der Waals surface area contributed by atoms with E-state index in [0.29, 0.717) is 0 Å². The van der Waals surface area contributed by atoms with Gasteiger partial charge in [-0.3, -0.25) is 0 Å². The predicted molar refractivity (Wildman–Crippen MR) is 82.6 cm³/mol. The van der Waals surface area contributed by atoms with Crippen LogP contribution < -0.4 is 0 Å². The quantitative estimate of drug-likeness (QED) is 0.252. The summed E-state index contributed by atoms with van der Waals surface area (Å²) in [5.41, 5.74) is 1.25. The fourth-order valence-electron chi connectivity index (χ4n) is 1.78. The van der Waals surface area contributed by atoms with Crippen LogP contribution in [-0.4, -0.2) is 7.25 Å². The Balaban J connectivity index is 0.000000282. The van der Waals surface area contributed by atoms with Crippen LogP contribution in [-0.2, 0) is 11.8 Å². The van der Waals surface area contributed by atoms with Gasteiger partial charge in [0.15, 0.2) is 9.79 Å². The summed E-state index contributed by atoms with van der Waals surface area (Å²) in [7, 11) is -6.00. The van der Waals surface area contributed by atoms with Gasteiger partial charge in [-0.25, -0.2) is 0 Å². The molecule has 0 bridgehead atoms. The number of thiol groups is 1. The van der Waals surface area contributed by atoms with Crippen molar-refractivity contribution in [3.8, 4) is 0 Å². The molecule has 0 unspecified atom stereocenters. The molecule has 1 heterocycles. The molecule has 0 saturated carbocycles. The fourth-order valence-corrected chi connectivity index (χ4v) is 4.31. The zero-order valence-corrected chi connectivity index (χ0v) is 12.5. The summed E-state index contributed by atoms with van der Waals surface area (Å²) in [6, 6.07) is 15.0. The van der Waals surface area contributed by atoms with Crippen molar-refractivity contribution >= 4 is 36.9 Å². The number of rotatable bonds is 1. The second-order valence-electron chi connectivity index (χ2n) is 4.07. The Hall–Kier alpha value is -1.34. The molecule has 0 amide bonds. The van der Waals surface area contributed by atoms with Crippen LogP contribution in [0.15, 0.2) is 68.6 Å². The van der Waals surface area contributed by atoms with Crippen LogP contribution in [0.4, 0.5) is 17.3 Å². The lowest BCUT2D eigenvalue weighted by atomic mass is 10.2. The van der Waals surface area contributed by atoms with Gasteiger partial charge in [-0.15, -0.1) is 0 Å². The van der Waals surface area contributed by atoms with Gasteiger partial charge < -0.3 is 17.3 Å². The highest BCUT2D eigenvalue weighted by molar-refractivity contribution is 8.00. The molecule has 3 rings (SSSR count). The minimum Gasteiger partial charge on any atom is -0.418 e. The molecule has 0 nitrogen and oxygen atoms in total. The molecule has 0 saturated heterocycles. The summed E-state index contributed by atoms with van der Waals surface area (Å²) in [4.78, 5) is 5.52. The van der Waals surface area contributed by atoms with Gasteiger partial charge in [0, 0.05) is 17.3 Å². The van der Waals surface area contributed by atoms with Crippen molar-refractivity contribution < 1.29 is 17.3 Å². The highest BCUT2D eigenvalue weighted by Gasteiger charge is 2.25. The topological polar surface area (TPSA) is 0 Å². The van der Waals surface area contributed by atoms with Gasteiger partial charge >= 0.3 is 7.25 Å². The van der Waals surface area contributed by atoms with E-state index < -0.39 is 7.25 Å². The zero-order valence-electron chi connectivity index (χ0n) is 10.8. The molecular formula is C14H11BF4S2. The van der Waals surface area contributed by atoms with Gasteiger partial charge in [0.2, 0.25) is 0 Å². The van der Waals surface area contributed by atoms with Gasteiger partial charge in [0.05, 0.1) is 9.79 Å². The molecule has 0 fully saturated rings. The van der Waals surface area contributed by atoms with E-state index in [1.54, 1.807) is 0 Å². The van der Waals surface area contributed by atoms with Crippen LogP contribution in [0.2, 0.25) is 0 Å². The minimum absolute atomic E-state index is 1.25. The Morgan fingerprint density at radius 3 is 2.24 bits per heavy atom. The maximum atomic E-state index is 9.75. The highest BCUT2D eigenvalue weighted by Crippen LogP contribution is 2.42. The van der Waals surface area contributed by atoms with Gasteiger partial charge in [0.25, 0.3) is 0 Å². The number of benzene rings is 2. The largest absolute Gasteiger partial charge is 0.673 e. The second-order valence-corrected chi connectivity index (χ2v) is 6.31. The molecule has 0 aliphatic carbocycles. The van der Waals surface area contributed by atoms with Gasteiger partial charge in [-0.2, -0.15) is 0 Å². The molecule has 7 heteroatoms. The Morgan fingerprint density at radius 1 is 0.952 bits per heavy atom. The third-order valence-electron chi connectivity index (χ3n) is 2.57. The van der Waals surface area contributed by atoms with Crippen molar-refractivity contribution in [1.29, 1.82) is 0 Å². The number of halogens is 4. The van der Waals surface area contributed by atoms with Crippen molar-refractivity contribution in [2.24, 2.45) is 0 Å². The summed E-state index contributed by atoms with van der Waals surface area (Å²) >= 11 is 3.16. The molecule has 2 aromatic carbocycles. The van der Waals surface area contributed by atoms with E-state index in [0.717, 1.165) is 0 Å². The summed E-state index contributed by atoms with van der Waals surface area (Å²) < 4.78 is 39.0. The predicted octanol–water partition coefficient (Wildman–Crippen LogP) is 5.33. The molecule has 1 aliphatic rings. The number of fused-ring (bicyclic) bond motifs is 2. The first-order valence-electron chi connectivity index (χ1n) is 6.00. The van der Waals surface area contributed by atoms with Crippen molar-refractivity contribution in [2.45, 2.75) is 19.6 Å². The van der Waals surface area contributed by atoms with Crippen LogP contribution in [0.3, 0.4) is 0 Å². The van der Waals surface area contributed by atoms with Crippen LogP contribution in [0.5, 0.6) is 0 Å². The summed E-state index contributed by atoms with van der Waals surface area (Å²) in [6.07, 6.45) is 1.94. The van der Waals surface area contributed by atoms with Gasteiger partial charge in [0.1, 0.15) is 0 Å². The molecule has 2 aromatic rings. The average molecular weight is 330 g/mol. The van der Waals surface area contributed by atoms with Crippen LogP contribution >= 0.6 is 11.8 Å².